The van der Waals surface area contributed by atoms with Gasteiger partial charge in [-0.15, -0.1) is 11.3 Å². The standard InChI is InChI=1S/C17H16N2O2S/c1-12-15(11-21-16-8-7-13(10-20)9-18-16)19-17(22-12)14-5-3-2-4-6-14/h2-9,20H,10-11H2,1H3. The van der Waals surface area contributed by atoms with Crippen LogP contribution in [0.4, 0.5) is 0 Å². The van der Waals surface area contributed by atoms with Crippen molar-refractivity contribution in [2.75, 3.05) is 0 Å². The van der Waals surface area contributed by atoms with Gasteiger partial charge in [0, 0.05) is 22.7 Å². The Morgan fingerprint density at radius 1 is 1.14 bits per heavy atom. The molecule has 0 saturated heterocycles. The maximum Gasteiger partial charge on any atom is 0.213 e. The van der Waals surface area contributed by atoms with Crippen molar-refractivity contribution in [1.82, 2.24) is 9.97 Å². The number of hydrogen-bond acceptors (Lipinski definition) is 5. The highest BCUT2D eigenvalue weighted by molar-refractivity contribution is 7.15. The largest absolute Gasteiger partial charge is 0.471 e. The average molecular weight is 312 g/mol. The Hall–Kier alpha value is -2.24. The SMILES string of the molecule is Cc1sc(-c2ccccc2)nc1COc1ccc(CO)cn1. The molecule has 0 radical (unpaired) electrons. The summed E-state index contributed by atoms with van der Waals surface area (Å²) in [6.45, 7) is 2.42. The quantitative estimate of drug-likeness (QED) is 0.782. The lowest BCUT2D eigenvalue weighted by Crippen LogP contribution is -1.99. The predicted octanol–water partition coefficient (Wildman–Crippen LogP) is 3.58. The fourth-order valence-electron chi connectivity index (χ4n) is 2.00. The molecule has 0 aliphatic carbocycles. The van der Waals surface area contributed by atoms with Crippen LogP contribution >= 0.6 is 11.3 Å². The van der Waals surface area contributed by atoms with E-state index in [1.165, 1.54) is 0 Å². The summed E-state index contributed by atoms with van der Waals surface area (Å²) in [6.07, 6.45) is 1.61. The van der Waals surface area contributed by atoms with E-state index >= 15 is 0 Å². The fraction of sp³-hybridized carbons (Fsp3) is 0.176. The van der Waals surface area contributed by atoms with Crippen LogP contribution in [0.3, 0.4) is 0 Å². The van der Waals surface area contributed by atoms with Crippen LogP contribution in [0.15, 0.2) is 48.7 Å². The third kappa shape index (κ3) is 3.32. The molecule has 0 saturated carbocycles. The molecule has 3 aromatic rings. The van der Waals surface area contributed by atoms with Gasteiger partial charge >= 0.3 is 0 Å². The van der Waals surface area contributed by atoms with Crippen molar-refractivity contribution in [1.29, 1.82) is 0 Å². The van der Waals surface area contributed by atoms with E-state index in [0.29, 0.717) is 12.5 Å². The van der Waals surface area contributed by atoms with E-state index in [1.54, 1.807) is 29.7 Å². The summed E-state index contributed by atoms with van der Waals surface area (Å²) in [4.78, 5) is 9.95. The smallest absolute Gasteiger partial charge is 0.213 e. The third-order valence-corrected chi connectivity index (χ3v) is 4.31. The highest BCUT2D eigenvalue weighted by atomic mass is 32.1. The lowest BCUT2D eigenvalue weighted by atomic mass is 10.2. The van der Waals surface area contributed by atoms with Crippen molar-refractivity contribution >= 4 is 11.3 Å². The van der Waals surface area contributed by atoms with Crippen LogP contribution in [0.2, 0.25) is 0 Å². The van der Waals surface area contributed by atoms with Crippen LogP contribution in [-0.2, 0) is 13.2 Å². The number of hydrogen-bond donors (Lipinski definition) is 1. The second kappa shape index (κ2) is 6.68. The first-order chi connectivity index (χ1) is 10.8. The van der Waals surface area contributed by atoms with E-state index in [4.69, 9.17) is 9.84 Å². The van der Waals surface area contributed by atoms with E-state index in [9.17, 15) is 0 Å². The summed E-state index contributed by atoms with van der Waals surface area (Å²) >= 11 is 1.66. The van der Waals surface area contributed by atoms with Crippen LogP contribution in [0.1, 0.15) is 16.1 Å². The van der Waals surface area contributed by atoms with Gasteiger partial charge in [0.1, 0.15) is 11.6 Å². The average Bonchev–Trinajstić information content (AvgIpc) is 2.95. The summed E-state index contributed by atoms with van der Waals surface area (Å²) in [7, 11) is 0. The Labute approximate surface area is 133 Å². The summed E-state index contributed by atoms with van der Waals surface area (Å²) in [5.41, 5.74) is 2.81. The van der Waals surface area contributed by atoms with Crippen LogP contribution in [0, 0.1) is 6.92 Å². The van der Waals surface area contributed by atoms with E-state index in [0.717, 1.165) is 26.7 Å². The minimum absolute atomic E-state index is 0.0150. The van der Waals surface area contributed by atoms with E-state index < -0.39 is 0 Å². The summed E-state index contributed by atoms with van der Waals surface area (Å²) < 4.78 is 5.67. The van der Waals surface area contributed by atoms with Crippen molar-refractivity contribution in [3.63, 3.8) is 0 Å². The van der Waals surface area contributed by atoms with Crippen LogP contribution in [0.25, 0.3) is 10.6 Å². The lowest BCUT2D eigenvalue weighted by Gasteiger charge is -2.04. The van der Waals surface area contributed by atoms with Gasteiger partial charge in [-0.3, -0.25) is 0 Å². The first-order valence-electron chi connectivity index (χ1n) is 6.96. The normalized spacial score (nSPS) is 10.6. The van der Waals surface area contributed by atoms with Gasteiger partial charge < -0.3 is 9.84 Å². The molecular weight excluding hydrogens is 296 g/mol. The van der Waals surface area contributed by atoms with Gasteiger partial charge in [-0.05, 0) is 18.6 Å². The van der Waals surface area contributed by atoms with Gasteiger partial charge in [0.25, 0.3) is 0 Å². The third-order valence-electron chi connectivity index (χ3n) is 3.25. The van der Waals surface area contributed by atoms with E-state index in [1.807, 2.05) is 25.1 Å². The van der Waals surface area contributed by atoms with E-state index in [2.05, 4.69) is 22.1 Å². The highest BCUT2D eigenvalue weighted by Crippen LogP contribution is 2.27. The molecule has 0 amide bonds. The number of aromatic nitrogens is 2. The van der Waals surface area contributed by atoms with Gasteiger partial charge in [0.05, 0.1) is 12.3 Å². The number of nitrogens with zero attached hydrogens (tertiary/aromatic N) is 2. The number of aryl methyl sites for hydroxylation is 1. The molecule has 5 heteroatoms. The van der Waals surface area contributed by atoms with Crippen molar-refractivity contribution in [2.45, 2.75) is 20.1 Å². The second-order valence-electron chi connectivity index (χ2n) is 4.84. The van der Waals surface area contributed by atoms with Gasteiger partial charge in [-0.25, -0.2) is 9.97 Å². The molecule has 4 nitrogen and oxygen atoms in total. The summed E-state index contributed by atoms with van der Waals surface area (Å²) in [5.74, 6) is 0.533. The van der Waals surface area contributed by atoms with Crippen molar-refractivity contribution in [3.8, 4) is 16.5 Å². The molecule has 1 aromatic carbocycles. The molecule has 0 aliphatic rings. The molecule has 0 bridgehead atoms. The Kier molecular flexibility index (Phi) is 4.46. The maximum atomic E-state index is 8.99. The first kappa shape index (κ1) is 14.7. The number of benzene rings is 1. The Morgan fingerprint density at radius 2 is 1.95 bits per heavy atom. The van der Waals surface area contributed by atoms with Gasteiger partial charge in [-0.2, -0.15) is 0 Å². The van der Waals surface area contributed by atoms with Crippen LogP contribution in [0.5, 0.6) is 5.88 Å². The molecule has 3 rings (SSSR count). The molecule has 0 aliphatic heterocycles. The molecule has 0 fully saturated rings. The Bertz CT molecular complexity index is 739. The predicted molar refractivity (Wildman–Crippen MR) is 86.8 cm³/mol. The molecule has 112 valence electrons. The second-order valence-corrected chi connectivity index (χ2v) is 6.04. The van der Waals surface area contributed by atoms with Crippen molar-refractivity contribution in [2.24, 2.45) is 0 Å². The number of aliphatic hydroxyl groups is 1. The fourth-order valence-corrected chi connectivity index (χ4v) is 2.92. The monoisotopic (exact) mass is 312 g/mol. The van der Waals surface area contributed by atoms with Gasteiger partial charge in [0.15, 0.2) is 0 Å². The van der Waals surface area contributed by atoms with Crippen LogP contribution in [-0.4, -0.2) is 15.1 Å². The number of aliphatic hydroxyl groups excluding tert-OH is 1. The highest BCUT2D eigenvalue weighted by Gasteiger charge is 2.10. The molecule has 0 atom stereocenters. The zero-order chi connectivity index (χ0) is 15.4. The number of pyridine rings is 1. The number of rotatable bonds is 5. The molecule has 1 N–H and O–H groups in total. The molecule has 0 spiro atoms. The minimum atomic E-state index is -0.0150. The van der Waals surface area contributed by atoms with Gasteiger partial charge in [-0.1, -0.05) is 30.3 Å². The molecule has 2 heterocycles. The lowest BCUT2D eigenvalue weighted by molar-refractivity contribution is 0.277. The maximum absolute atomic E-state index is 8.99. The molecular formula is C17H16N2O2S. The topological polar surface area (TPSA) is 55.2 Å². The van der Waals surface area contributed by atoms with E-state index in [-0.39, 0.29) is 6.61 Å². The first-order valence-corrected chi connectivity index (χ1v) is 7.78. The number of thiazole rings is 1. The number of ether oxygens (including phenoxy) is 1. The van der Waals surface area contributed by atoms with Crippen molar-refractivity contribution in [3.05, 3.63) is 64.8 Å². The molecule has 22 heavy (non-hydrogen) atoms. The summed E-state index contributed by atoms with van der Waals surface area (Å²) in [6, 6.07) is 13.7. The zero-order valence-electron chi connectivity index (χ0n) is 12.2. The van der Waals surface area contributed by atoms with Crippen molar-refractivity contribution < 1.29 is 9.84 Å². The zero-order valence-corrected chi connectivity index (χ0v) is 13.0. The Balaban J connectivity index is 1.71. The van der Waals surface area contributed by atoms with Crippen LogP contribution < -0.4 is 4.74 Å². The molecule has 0 unspecified atom stereocenters. The molecule has 2 aromatic heterocycles. The minimum Gasteiger partial charge on any atom is -0.471 e. The van der Waals surface area contributed by atoms with Gasteiger partial charge in [0.2, 0.25) is 5.88 Å². The Morgan fingerprint density at radius 3 is 2.64 bits per heavy atom. The summed E-state index contributed by atoms with van der Waals surface area (Å²) in [5, 5.41) is 9.99.